The van der Waals surface area contributed by atoms with Crippen molar-refractivity contribution in [2.75, 3.05) is 6.61 Å². The summed E-state index contributed by atoms with van der Waals surface area (Å²) in [6.07, 6.45) is 2.58. The molecule has 0 saturated carbocycles. The second kappa shape index (κ2) is 6.47. The van der Waals surface area contributed by atoms with Gasteiger partial charge >= 0.3 is 5.97 Å². The first-order chi connectivity index (χ1) is 5.22. The highest BCUT2D eigenvalue weighted by molar-refractivity contribution is 6.29. The van der Waals surface area contributed by atoms with Crippen molar-refractivity contribution in [3.8, 4) is 0 Å². The Morgan fingerprint density at radius 1 is 1.55 bits per heavy atom. The lowest BCUT2D eigenvalue weighted by atomic mass is 10.3. The summed E-state index contributed by atoms with van der Waals surface area (Å²) in [4.78, 5) is 10.9. The van der Waals surface area contributed by atoms with E-state index >= 15 is 0 Å². The summed E-state index contributed by atoms with van der Waals surface area (Å²) in [5.74, 6) is -0.289. The molecule has 3 heteroatoms. The maximum Gasteiger partial charge on any atom is 0.324 e. The van der Waals surface area contributed by atoms with Gasteiger partial charge in [-0.15, -0.1) is 11.6 Å². The molecule has 0 N–H and O–H groups in total. The summed E-state index contributed by atoms with van der Waals surface area (Å²) < 4.78 is 4.86. The van der Waals surface area contributed by atoms with Gasteiger partial charge in [-0.3, -0.25) is 4.79 Å². The van der Waals surface area contributed by atoms with Gasteiger partial charge in [0.2, 0.25) is 0 Å². The average Bonchev–Trinajstić information content (AvgIpc) is 2.03. The lowest BCUT2D eigenvalue weighted by molar-refractivity contribution is -0.143. The molecule has 0 aliphatic rings. The van der Waals surface area contributed by atoms with E-state index in [0.29, 0.717) is 13.0 Å². The van der Waals surface area contributed by atoms with E-state index in [-0.39, 0.29) is 5.97 Å². The molecule has 0 aliphatic carbocycles. The zero-order valence-electron chi connectivity index (χ0n) is 7.10. The van der Waals surface area contributed by atoms with E-state index in [1.807, 2.05) is 13.8 Å². The van der Waals surface area contributed by atoms with Crippen LogP contribution in [0, 0.1) is 0 Å². The minimum atomic E-state index is -0.466. The molecule has 1 atom stereocenters. The van der Waals surface area contributed by atoms with Crippen LogP contribution in [0.5, 0.6) is 0 Å². The molecular formula is C8H15ClO2. The molecule has 11 heavy (non-hydrogen) atoms. The zero-order valence-corrected chi connectivity index (χ0v) is 7.86. The number of hydrogen-bond donors (Lipinski definition) is 0. The Balaban J connectivity index is 3.36. The highest BCUT2D eigenvalue weighted by Gasteiger charge is 2.13. The van der Waals surface area contributed by atoms with Crippen LogP contribution >= 0.6 is 11.6 Å². The van der Waals surface area contributed by atoms with Crippen molar-refractivity contribution >= 4 is 17.6 Å². The van der Waals surface area contributed by atoms with Crippen molar-refractivity contribution in [3.63, 3.8) is 0 Å². The second-order valence-corrected chi connectivity index (χ2v) is 2.92. The summed E-state index contributed by atoms with van der Waals surface area (Å²) in [5.41, 5.74) is 0. The molecule has 1 unspecified atom stereocenters. The van der Waals surface area contributed by atoms with Crippen molar-refractivity contribution in [3.05, 3.63) is 0 Å². The fourth-order valence-corrected chi connectivity index (χ4v) is 0.637. The normalized spacial score (nSPS) is 12.6. The minimum Gasteiger partial charge on any atom is -0.465 e. The van der Waals surface area contributed by atoms with E-state index in [1.165, 1.54) is 0 Å². The van der Waals surface area contributed by atoms with Crippen molar-refractivity contribution in [1.82, 2.24) is 0 Å². The lowest BCUT2D eigenvalue weighted by Gasteiger charge is -2.06. The topological polar surface area (TPSA) is 26.3 Å². The van der Waals surface area contributed by atoms with Gasteiger partial charge in [-0.25, -0.2) is 0 Å². The average molecular weight is 179 g/mol. The third kappa shape index (κ3) is 5.08. The SMILES string of the molecule is CCCCOC(=O)C(Cl)CC. The van der Waals surface area contributed by atoms with Gasteiger partial charge in [0.1, 0.15) is 5.38 Å². The summed E-state index contributed by atoms with van der Waals surface area (Å²) >= 11 is 5.62. The Morgan fingerprint density at radius 3 is 2.64 bits per heavy atom. The molecule has 0 aromatic rings. The van der Waals surface area contributed by atoms with Crippen LogP contribution in [0.25, 0.3) is 0 Å². The maximum absolute atomic E-state index is 10.9. The van der Waals surface area contributed by atoms with Crippen LogP contribution in [0.1, 0.15) is 33.1 Å². The van der Waals surface area contributed by atoms with E-state index in [9.17, 15) is 4.79 Å². The van der Waals surface area contributed by atoms with Gasteiger partial charge in [0.15, 0.2) is 0 Å². The summed E-state index contributed by atoms with van der Waals surface area (Å²) in [6, 6.07) is 0. The lowest BCUT2D eigenvalue weighted by Crippen LogP contribution is -2.17. The molecule has 0 aliphatic heterocycles. The number of carbonyl (C=O) groups excluding carboxylic acids is 1. The number of carbonyl (C=O) groups is 1. The van der Waals surface area contributed by atoms with Crippen LogP contribution in [0.4, 0.5) is 0 Å². The Kier molecular flexibility index (Phi) is 6.33. The molecule has 0 saturated heterocycles. The minimum absolute atomic E-state index is 0.289. The number of unbranched alkanes of at least 4 members (excludes halogenated alkanes) is 1. The second-order valence-electron chi connectivity index (χ2n) is 2.40. The smallest absolute Gasteiger partial charge is 0.324 e. The molecule has 0 radical (unpaired) electrons. The third-order valence-electron chi connectivity index (χ3n) is 1.36. The number of alkyl halides is 1. The van der Waals surface area contributed by atoms with Gasteiger partial charge in [-0.1, -0.05) is 20.3 Å². The van der Waals surface area contributed by atoms with Gasteiger partial charge < -0.3 is 4.74 Å². The molecule has 2 nitrogen and oxygen atoms in total. The monoisotopic (exact) mass is 178 g/mol. The number of hydrogen-bond acceptors (Lipinski definition) is 2. The van der Waals surface area contributed by atoms with Gasteiger partial charge in [-0.2, -0.15) is 0 Å². The standard InChI is InChI=1S/C8H15ClO2/c1-3-5-6-11-8(10)7(9)4-2/h7H,3-6H2,1-2H3. The van der Waals surface area contributed by atoms with Gasteiger partial charge in [-0.05, 0) is 12.8 Å². The molecular weight excluding hydrogens is 164 g/mol. The Bertz CT molecular complexity index is 115. The summed E-state index contributed by atoms with van der Waals surface area (Å²) in [6.45, 7) is 4.41. The van der Waals surface area contributed by atoms with E-state index < -0.39 is 5.38 Å². The van der Waals surface area contributed by atoms with Crippen LogP contribution in [-0.4, -0.2) is 18.0 Å². The van der Waals surface area contributed by atoms with Crippen molar-refractivity contribution in [1.29, 1.82) is 0 Å². The molecule has 0 bridgehead atoms. The molecule has 0 heterocycles. The van der Waals surface area contributed by atoms with E-state index in [0.717, 1.165) is 12.8 Å². The third-order valence-corrected chi connectivity index (χ3v) is 1.84. The van der Waals surface area contributed by atoms with E-state index in [4.69, 9.17) is 16.3 Å². The molecule has 0 aromatic heterocycles. The quantitative estimate of drug-likeness (QED) is 0.367. The Hall–Kier alpha value is -0.240. The highest BCUT2D eigenvalue weighted by atomic mass is 35.5. The van der Waals surface area contributed by atoms with Crippen LogP contribution in [0.15, 0.2) is 0 Å². The van der Waals surface area contributed by atoms with Gasteiger partial charge in [0.25, 0.3) is 0 Å². The number of ether oxygens (including phenoxy) is 1. The predicted molar refractivity (Wildman–Crippen MR) is 45.8 cm³/mol. The van der Waals surface area contributed by atoms with Gasteiger partial charge in [0, 0.05) is 0 Å². The molecule has 0 aromatic carbocycles. The van der Waals surface area contributed by atoms with Crippen LogP contribution in [0.3, 0.4) is 0 Å². The Labute approximate surface area is 72.9 Å². The van der Waals surface area contributed by atoms with Crippen LogP contribution in [0.2, 0.25) is 0 Å². The van der Waals surface area contributed by atoms with Crippen molar-refractivity contribution in [2.45, 2.75) is 38.5 Å². The first kappa shape index (κ1) is 10.8. The number of halogens is 1. The number of esters is 1. The van der Waals surface area contributed by atoms with Crippen molar-refractivity contribution in [2.24, 2.45) is 0 Å². The molecule has 0 amide bonds. The van der Waals surface area contributed by atoms with E-state index in [2.05, 4.69) is 0 Å². The zero-order chi connectivity index (χ0) is 8.69. The molecule has 0 fully saturated rings. The highest BCUT2D eigenvalue weighted by Crippen LogP contribution is 2.03. The number of rotatable bonds is 5. The van der Waals surface area contributed by atoms with Crippen molar-refractivity contribution < 1.29 is 9.53 Å². The molecule has 0 rings (SSSR count). The Morgan fingerprint density at radius 2 is 2.18 bits per heavy atom. The van der Waals surface area contributed by atoms with Crippen LogP contribution in [-0.2, 0) is 9.53 Å². The maximum atomic E-state index is 10.9. The molecule has 0 spiro atoms. The summed E-state index contributed by atoms with van der Waals surface area (Å²) in [7, 11) is 0. The summed E-state index contributed by atoms with van der Waals surface area (Å²) in [5, 5.41) is -0.466. The first-order valence-corrected chi connectivity index (χ1v) is 4.46. The largest absolute Gasteiger partial charge is 0.465 e. The van der Waals surface area contributed by atoms with Crippen LogP contribution < -0.4 is 0 Å². The first-order valence-electron chi connectivity index (χ1n) is 4.03. The van der Waals surface area contributed by atoms with E-state index in [1.54, 1.807) is 0 Å². The molecule has 66 valence electrons. The van der Waals surface area contributed by atoms with Gasteiger partial charge in [0.05, 0.1) is 6.61 Å². The fraction of sp³-hybridized carbons (Fsp3) is 0.875. The predicted octanol–water partition coefficient (Wildman–Crippen LogP) is 2.35. The fourth-order valence-electron chi connectivity index (χ4n) is 0.574.